The van der Waals surface area contributed by atoms with Crippen LogP contribution < -0.4 is 9.47 Å². The molecule has 1 fully saturated rings. The molecule has 0 unspecified atom stereocenters. The first-order valence-corrected chi connectivity index (χ1v) is 14.1. The molecule has 1 saturated heterocycles. The van der Waals surface area contributed by atoms with Gasteiger partial charge in [-0.25, -0.2) is 0 Å². The Morgan fingerprint density at radius 2 is 1.43 bits per heavy atom. The molecule has 204 valence electrons. The van der Waals surface area contributed by atoms with Gasteiger partial charge in [-0.1, -0.05) is 84.9 Å². The largest absolute Gasteiger partial charge is 0.485 e. The number of hydrogen-bond acceptors (Lipinski definition) is 4. The summed E-state index contributed by atoms with van der Waals surface area (Å²) in [6.45, 7) is 7.67. The fourth-order valence-electron chi connectivity index (χ4n) is 5.86. The summed E-state index contributed by atoms with van der Waals surface area (Å²) in [7, 11) is 0. The maximum absolute atomic E-state index is 13.4. The molecule has 2 aliphatic rings. The Hall–Kier alpha value is -4.09. The summed E-state index contributed by atoms with van der Waals surface area (Å²) >= 11 is 0. The number of amides is 1. The number of piperazine rings is 1. The average molecular weight is 533 g/mol. The first kappa shape index (κ1) is 26.1. The number of para-hydroxylation sites is 1. The maximum atomic E-state index is 13.4. The molecule has 40 heavy (non-hydrogen) atoms. The summed E-state index contributed by atoms with van der Waals surface area (Å²) in [5.41, 5.74) is 5.26. The summed E-state index contributed by atoms with van der Waals surface area (Å²) in [6.07, 6.45) is 0.879. The van der Waals surface area contributed by atoms with Gasteiger partial charge in [-0.05, 0) is 48.7 Å². The van der Waals surface area contributed by atoms with E-state index >= 15 is 0 Å². The van der Waals surface area contributed by atoms with Crippen molar-refractivity contribution in [2.75, 3.05) is 26.2 Å². The van der Waals surface area contributed by atoms with Crippen LogP contribution in [0.3, 0.4) is 0 Å². The monoisotopic (exact) mass is 532 g/mol. The molecule has 0 radical (unpaired) electrons. The summed E-state index contributed by atoms with van der Waals surface area (Å²) in [5, 5.41) is 0. The Kier molecular flexibility index (Phi) is 7.31. The van der Waals surface area contributed by atoms with E-state index in [4.69, 9.17) is 9.47 Å². The zero-order valence-corrected chi connectivity index (χ0v) is 23.3. The third-order valence-corrected chi connectivity index (χ3v) is 7.85. The molecule has 0 aliphatic carbocycles. The van der Waals surface area contributed by atoms with Gasteiger partial charge in [0.25, 0.3) is 5.91 Å². The summed E-state index contributed by atoms with van der Waals surface area (Å²) < 4.78 is 12.3. The summed E-state index contributed by atoms with van der Waals surface area (Å²) in [5.74, 6) is 1.70. The predicted molar refractivity (Wildman–Crippen MR) is 158 cm³/mol. The van der Waals surface area contributed by atoms with Gasteiger partial charge in [0, 0.05) is 43.7 Å². The van der Waals surface area contributed by atoms with Crippen LogP contribution >= 0.6 is 0 Å². The van der Waals surface area contributed by atoms with Crippen molar-refractivity contribution < 1.29 is 14.3 Å². The normalized spacial score (nSPS) is 16.4. The van der Waals surface area contributed by atoms with Gasteiger partial charge in [0.15, 0.2) is 11.5 Å². The van der Waals surface area contributed by atoms with Crippen molar-refractivity contribution in [2.24, 2.45) is 0 Å². The van der Waals surface area contributed by atoms with E-state index in [0.29, 0.717) is 25.3 Å². The predicted octanol–water partition coefficient (Wildman–Crippen LogP) is 6.53. The van der Waals surface area contributed by atoms with Crippen LogP contribution in [0, 0.1) is 0 Å². The van der Waals surface area contributed by atoms with Gasteiger partial charge < -0.3 is 14.4 Å². The number of rotatable bonds is 7. The topological polar surface area (TPSA) is 42.0 Å². The highest BCUT2D eigenvalue weighted by molar-refractivity contribution is 5.94. The van der Waals surface area contributed by atoms with E-state index in [1.54, 1.807) is 0 Å². The number of fused-ring (bicyclic) bond motifs is 1. The minimum absolute atomic E-state index is 0.0830. The molecule has 0 saturated carbocycles. The fourth-order valence-corrected chi connectivity index (χ4v) is 5.86. The molecule has 0 atom stereocenters. The highest BCUT2D eigenvalue weighted by Gasteiger charge is 2.32. The Morgan fingerprint density at radius 3 is 2.05 bits per heavy atom. The van der Waals surface area contributed by atoms with Crippen LogP contribution in [-0.4, -0.2) is 47.5 Å². The average Bonchev–Trinajstić information content (AvgIpc) is 3.32. The van der Waals surface area contributed by atoms with Gasteiger partial charge >= 0.3 is 0 Å². The van der Waals surface area contributed by atoms with E-state index in [0.717, 1.165) is 36.6 Å². The molecule has 5 nitrogen and oxygen atoms in total. The molecule has 0 N–H and O–H groups in total. The highest BCUT2D eigenvalue weighted by Crippen LogP contribution is 2.42. The number of benzene rings is 4. The van der Waals surface area contributed by atoms with E-state index < -0.39 is 0 Å². The van der Waals surface area contributed by atoms with E-state index in [1.165, 1.54) is 16.7 Å². The first-order chi connectivity index (χ1) is 19.5. The molecule has 2 aliphatic heterocycles. The lowest BCUT2D eigenvalue weighted by molar-refractivity contribution is 0.0597. The van der Waals surface area contributed by atoms with E-state index in [9.17, 15) is 4.79 Å². The van der Waals surface area contributed by atoms with Gasteiger partial charge in [0.1, 0.15) is 12.2 Å². The zero-order chi connectivity index (χ0) is 27.5. The molecule has 0 bridgehead atoms. The van der Waals surface area contributed by atoms with Gasteiger partial charge in [-0.2, -0.15) is 0 Å². The van der Waals surface area contributed by atoms with Gasteiger partial charge in [-0.3, -0.25) is 9.69 Å². The second kappa shape index (κ2) is 11.2. The third-order valence-electron chi connectivity index (χ3n) is 7.85. The van der Waals surface area contributed by atoms with Crippen LogP contribution in [-0.2, 0) is 13.0 Å². The third kappa shape index (κ3) is 5.61. The van der Waals surface area contributed by atoms with Crippen LogP contribution in [0.5, 0.6) is 11.5 Å². The number of carbonyl (C=O) groups excluding carboxylic acids is 1. The van der Waals surface area contributed by atoms with Crippen molar-refractivity contribution in [1.82, 2.24) is 9.80 Å². The van der Waals surface area contributed by atoms with Crippen molar-refractivity contribution in [1.29, 1.82) is 0 Å². The van der Waals surface area contributed by atoms with E-state index in [2.05, 4.69) is 85.5 Å². The van der Waals surface area contributed by atoms with Crippen molar-refractivity contribution in [3.63, 3.8) is 0 Å². The standard InChI is InChI=1S/C35H36N2O3/c1-35(2)24-30-14-9-15-31(33(30)40-35)39-25-26-16-18-29(19-17-26)34(38)37-22-20-36(21-23-37)32(27-10-5-3-6-11-27)28-12-7-4-8-13-28/h3-19,32H,20-25H2,1-2H3. The molecule has 0 spiro atoms. The van der Waals surface area contributed by atoms with Crippen molar-refractivity contribution in [3.05, 3.63) is 131 Å². The fraction of sp³-hybridized carbons (Fsp3) is 0.286. The Bertz CT molecular complexity index is 1400. The number of hydrogen-bond donors (Lipinski definition) is 0. The highest BCUT2D eigenvalue weighted by atomic mass is 16.5. The first-order valence-electron chi connectivity index (χ1n) is 14.1. The van der Waals surface area contributed by atoms with Crippen LogP contribution in [0.1, 0.15) is 52.5 Å². The second-order valence-corrected chi connectivity index (χ2v) is 11.3. The van der Waals surface area contributed by atoms with Gasteiger partial charge in [0.05, 0.1) is 6.04 Å². The second-order valence-electron chi connectivity index (χ2n) is 11.3. The Balaban J connectivity index is 1.07. The summed E-state index contributed by atoms with van der Waals surface area (Å²) in [4.78, 5) is 17.8. The lowest BCUT2D eigenvalue weighted by Gasteiger charge is -2.39. The molecule has 4 aromatic carbocycles. The lowest BCUT2D eigenvalue weighted by Crippen LogP contribution is -2.49. The van der Waals surface area contributed by atoms with Crippen LogP contribution in [0.4, 0.5) is 0 Å². The van der Waals surface area contributed by atoms with Crippen molar-refractivity contribution in [2.45, 2.75) is 38.5 Å². The maximum Gasteiger partial charge on any atom is 0.253 e. The molecule has 0 aromatic heterocycles. The molecule has 1 amide bonds. The Morgan fingerprint density at radius 1 is 0.800 bits per heavy atom. The summed E-state index contributed by atoms with van der Waals surface area (Å²) in [6, 6.07) is 35.3. The minimum atomic E-state index is -0.209. The Labute approximate surface area is 237 Å². The number of carbonyl (C=O) groups is 1. The quantitative estimate of drug-likeness (QED) is 0.272. The van der Waals surface area contributed by atoms with Crippen LogP contribution in [0.2, 0.25) is 0 Å². The molecular weight excluding hydrogens is 496 g/mol. The smallest absolute Gasteiger partial charge is 0.253 e. The van der Waals surface area contributed by atoms with Crippen molar-refractivity contribution in [3.8, 4) is 11.5 Å². The zero-order valence-electron chi connectivity index (χ0n) is 23.3. The lowest BCUT2D eigenvalue weighted by atomic mass is 9.96. The number of nitrogens with zero attached hydrogens (tertiary/aromatic N) is 2. The van der Waals surface area contributed by atoms with E-state index in [-0.39, 0.29) is 17.6 Å². The molecule has 2 heterocycles. The van der Waals surface area contributed by atoms with Crippen molar-refractivity contribution >= 4 is 5.91 Å². The SMILES string of the molecule is CC1(C)Cc2cccc(OCc3ccc(C(=O)N4CCN(C(c5ccccc5)c5ccccc5)CC4)cc3)c2O1. The van der Waals surface area contributed by atoms with Gasteiger partial charge in [-0.15, -0.1) is 0 Å². The molecule has 6 rings (SSSR count). The molecular formula is C35H36N2O3. The van der Waals surface area contributed by atoms with E-state index in [1.807, 2.05) is 41.3 Å². The van der Waals surface area contributed by atoms with Crippen LogP contribution in [0.25, 0.3) is 0 Å². The minimum Gasteiger partial charge on any atom is -0.485 e. The van der Waals surface area contributed by atoms with Gasteiger partial charge in [0.2, 0.25) is 0 Å². The van der Waals surface area contributed by atoms with Crippen LogP contribution in [0.15, 0.2) is 103 Å². The molecule has 4 aromatic rings. The molecule has 5 heteroatoms. The number of ether oxygens (including phenoxy) is 2.